The summed E-state index contributed by atoms with van der Waals surface area (Å²) in [5.74, 6) is 0.0361. The van der Waals surface area contributed by atoms with Gasteiger partial charge in [-0.1, -0.05) is 24.3 Å². The summed E-state index contributed by atoms with van der Waals surface area (Å²) in [7, 11) is 2.89. The van der Waals surface area contributed by atoms with Crippen molar-refractivity contribution < 1.29 is 19.1 Å². The van der Waals surface area contributed by atoms with Gasteiger partial charge in [-0.25, -0.2) is 4.79 Å². The van der Waals surface area contributed by atoms with E-state index in [1.54, 1.807) is 37.4 Å². The summed E-state index contributed by atoms with van der Waals surface area (Å²) >= 11 is 0. The van der Waals surface area contributed by atoms with Gasteiger partial charge in [0.2, 0.25) is 5.91 Å². The van der Waals surface area contributed by atoms with Crippen LogP contribution in [0.5, 0.6) is 5.75 Å². The maximum atomic E-state index is 12.0. The van der Waals surface area contributed by atoms with Gasteiger partial charge in [-0.05, 0) is 24.3 Å². The smallest absolute Gasteiger partial charge is 0.339 e. The molecule has 0 aliphatic heterocycles. The van der Waals surface area contributed by atoms with Crippen molar-refractivity contribution in [3.05, 3.63) is 54.1 Å². The fraction of sp³-hybridized carbons (Fsp3) is 0.222. The van der Waals surface area contributed by atoms with Crippen LogP contribution in [0.1, 0.15) is 16.8 Å². The molecule has 0 spiro atoms. The van der Waals surface area contributed by atoms with Crippen molar-refractivity contribution in [2.45, 2.75) is 6.42 Å². The minimum Gasteiger partial charge on any atom is -0.495 e. The first kappa shape index (κ1) is 17.3. The minimum atomic E-state index is -0.420. The third kappa shape index (κ3) is 4.49. The zero-order valence-electron chi connectivity index (χ0n) is 13.7. The van der Waals surface area contributed by atoms with E-state index in [0.29, 0.717) is 29.2 Å². The number of methoxy groups -OCH3 is 2. The molecule has 24 heavy (non-hydrogen) atoms. The van der Waals surface area contributed by atoms with E-state index in [4.69, 9.17) is 9.47 Å². The molecule has 6 nitrogen and oxygen atoms in total. The molecule has 2 N–H and O–H groups in total. The highest BCUT2D eigenvalue weighted by atomic mass is 16.5. The Morgan fingerprint density at radius 2 is 1.62 bits per heavy atom. The number of esters is 1. The quantitative estimate of drug-likeness (QED) is 0.764. The SMILES string of the molecule is COC(=O)c1ccccc1NCCC(=O)Nc1ccccc1OC. The maximum Gasteiger partial charge on any atom is 0.339 e. The van der Waals surface area contributed by atoms with Crippen molar-refractivity contribution >= 4 is 23.3 Å². The lowest BCUT2D eigenvalue weighted by Gasteiger charge is -2.12. The summed E-state index contributed by atoms with van der Waals surface area (Å²) in [6.45, 7) is 0.384. The Morgan fingerprint density at radius 1 is 0.958 bits per heavy atom. The Labute approximate surface area is 140 Å². The van der Waals surface area contributed by atoms with Gasteiger partial charge in [0.25, 0.3) is 0 Å². The van der Waals surface area contributed by atoms with Gasteiger partial charge in [-0.2, -0.15) is 0 Å². The van der Waals surface area contributed by atoms with Crippen LogP contribution in [0, 0.1) is 0 Å². The Bertz CT molecular complexity index is 716. The monoisotopic (exact) mass is 328 g/mol. The van der Waals surface area contributed by atoms with Crippen LogP contribution < -0.4 is 15.4 Å². The average molecular weight is 328 g/mol. The number of ether oxygens (including phenoxy) is 2. The van der Waals surface area contributed by atoms with Gasteiger partial charge < -0.3 is 20.1 Å². The lowest BCUT2D eigenvalue weighted by Crippen LogP contribution is -2.17. The van der Waals surface area contributed by atoms with E-state index in [9.17, 15) is 9.59 Å². The lowest BCUT2D eigenvalue weighted by atomic mass is 10.1. The van der Waals surface area contributed by atoms with Crippen molar-refractivity contribution in [1.29, 1.82) is 0 Å². The van der Waals surface area contributed by atoms with Crippen LogP contribution in [-0.4, -0.2) is 32.6 Å². The number of carbonyl (C=O) groups is 2. The summed E-state index contributed by atoms with van der Waals surface area (Å²) in [6.07, 6.45) is 0.244. The molecule has 0 aromatic heterocycles. The number of nitrogens with one attached hydrogen (secondary N) is 2. The molecule has 0 fully saturated rings. The third-order valence-corrected chi connectivity index (χ3v) is 3.38. The number of rotatable bonds is 7. The first-order valence-corrected chi connectivity index (χ1v) is 7.49. The molecule has 0 aliphatic carbocycles. The highest BCUT2D eigenvalue weighted by Crippen LogP contribution is 2.23. The van der Waals surface area contributed by atoms with Crippen LogP contribution in [0.4, 0.5) is 11.4 Å². The summed E-state index contributed by atoms with van der Waals surface area (Å²) in [6, 6.07) is 14.2. The molecule has 0 unspecified atom stereocenters. The van der Waals surface area contributed by atoms with E-state index in [-0.39, 0.29) is 12.3 Å². The fourth-order valence-electron chi connectivity index (χ4n) is 2.20. The van der Waals surface area contributed by atoms with Crippen molar-refractivity contribution in [1.82, 2.24) is 0 Å². The van der Waals surface area contributed by atoms with Gasteiger partial charge in [-0.15, -0.1) is 0 Å². The second-order valence-electron chi connectivity index (χ2n) is 4.96. The van der Waals surface area contributed by atoms with Crippen molar-refractivity contribution in [2.75, 3.05) is 31.4 Å². The molecular weight excluding hydrogens is 308 g/mol. The van der Waals surface area contributed by atoms with E-state index >= 15 is 0 Å². The Morgan fingerprint density at radius 3 is 2.33 bits per heavy atom. The zero-order valence-corrected chi connectivity index (χ0v) is 13.7. The standard InChI is InChI=1S/C18H20N2O4/c1-23-16-10-6-5-9-15(16)20-17(21)11-12-19-14-8-4-3-7-13(14)18(22)24-2/h3-10,19H,11-12H2,1-2H3,(H,20,21). The summed E-state index contributed by atoms with van der Waals surface area (Å²) in [4.78, 5) is 23.7. The Hall–Kier alpha value is -3.02. The molecule has 0 bridgehead atoms. The van der Waals surface area contributed by atoms with E-state index in [1.807, 2.05) is 18.2 Å². The van der Waals surface area contributed by atoms with Gasteiger partial charge in [0, 0.05) is 18.7 Å². The molecule has 0 atom stereocenters. The highest BCUT2D eigenvalue weighted by molar-refractivity contribution is 5.96. The number of para-hydroxylation sites is 3. The van der Waals surface area contributed by atoms with Gasteiger partial charge in [-0.3, -0.25) is 4.79 Å². The van der Waals surface area contributed by atoms with Crippen LogP contribution in [0.25, 0.3) is 0 Å². The molecule has 2 rings (SSSR count). The molecule has 1 amide bonds. The van der Waals surface area contributed by atoms with E-state index < -0.39 is 5.97 Å². The largest absolute Gasteiger partial charge is 0.495 e. The molecule has 2 aromatic rings. The molecule has 0 heterocycles. The molecule has 0 radical (unpaired) electrons. The van der Waals surface area contributed by atoms with E-state index in [1.165, 1.54) is 7.11 Å². The van der Waals surface area contributed by atoms with Crippen molar-refractivity contribution in [3.63, 3.8) is 0 Å². The van der Waals surface area contributed by atoms with Gasteiger partial charge >= 0.3 is 5.97 Å². The Kier molecular flexibility index (Phi) is 6.19. The molecular formula is C18H20N2O4. The summed E-state index contributed by atoms with van der Waals surface area (Å²) in [5, 5.41) is 5.88. The van der Waals surface area contributed by atoms with Gasteiger partial charge in [0.1, 0.15) is 5.75 Å². The molecule has 0 saturated carbocycles. The highest BCUT2D eigenvalue weighted by Gasteiger charge is 2.11. The van der Waals surface area contributed by atoms with E-state index in [0.717, 1.165) is 0 Å². The van der Waals surface area contributed by atoms with Crippen molar-refractivity contribution in [2.24, 2.45) is 0 Å². The van der Waals surface area contributed by atoms with Gasteiger partial charge in [0.15, 0.2) is 0 Å². The molecule has 0 saturated heterocycles. The number of benzene rings is 2. The number of hydrogen-bond donors (Lipinski definition) is 2. The Balaban J connectivity index is 1.90. The number of hydrogen-bond acceptors (Lipinski definition) is 5. The third-order valence-electron chi connectivity index (χ3n) is 3.38. The van der Waals surface area contributed by atoms with Crippen LogP contribution in [0.15, 0.2) is 48.5 Å². The topological polar surface area (TPSA) is 76.7 Å². The predicted octanol–water partition coefficient (Wildman–Crippen LogP) is 2.92. The first-order chi connectivity index (χ1) is 11.7. The van der Waals surface area contributed by atoms with Crippen LogP contribution in [0.3, 0.4) is 0 Å². The number of carbonyl (C=O) groups excluding carboxylic acids is 2. The summed E-state index contributed by atoms with van der Waals surface area (Å²) < 4.78 is 9.93. The molecule has 6 heteroatoms. The van der Waals surface area contributed by atoms with Gasteiger partial charge in [0.05, 0.1) is 25.5 Å². The second-order valence-corrected chi connectivity index (χ2v) is 4.96. The second kappa shape index (κ2) is 8.57. The number of amides is 1. The van der Waals surface area contributed by atoms with Crippen LogP contribution >= 0.6 is 0 Å². The predicted molar refractivity (Wildman–Crippen MR) is 92.5 cm³/mol. The number of anilines is 2. The molecule has 2 aromatic carbocycles. The lowest BCUT2D eigenvalue weighted by molar-refractivity contribution is -0.116. The normalized spacial score (nSPS) is 9.92. The first-order valence-electron chi connectivity index (χ1n) is 7.49. The van der Waals surface area contributed by atoms with Crippen LogP contribution in [0.2, 0.25) is 0 Å². The van der Waals surface area contributed by atoms with Crippen molar-refractivity contribution in [3.8, 4) is 5.75 Å². The van der Waals surface area contributed by atoms with E-state index in [2.05, 4.69) is 10.6 Å². The molecule has 0 aliphatic rings. The fourth-order valence-corrected chi connectivity index (χ4v) is 2.20. The maximum absolute atomic E-state index is 12.0. The average Bonchev–Trinajstić information content (AvgIpc) is 2.62. The molecule has 126 valence electrons. The van der Waals surface area contributed by atoms with Crippen LogP contribution in [-0.2, 0) is 9.53 Å². The minimum absolute atomic E-state index is 0.150. The summed E-state index contributed by atoms with van der Waals surface area (Å²) in [5.41, 5.74) is 1.69. The zero-order chi connectivity index (χ0) is 17.4.